The van der Waals surface area contributed by atoms with Gasteiger partial charge in [-0.3, -0.25) is 13.9 Å². The minimum Gasteiger partial charge on any atom is -0.352 e. The molecule has 0 radical (unpaired) electrons. The molecule has 0 saturated carbocycles. The summed E-state index contributed by atoms with van der Waals surface area (Å²) < 4.78 is 26.0. The monoisotopic (exact) mass is 513 g/mol. The Hall–Kier alpha value is -2.29. The van der Waals surface area contributed by atoms with Gasteiger partial charge in [-0.25, -0.2) is 8.42 Å². The molecule has 2 aromatic rings. The first-order valence-corrected chi connectivity index (χ1v) is 13.1. The lowest BCUT2D eigenvalue weighted by molar-refractivity contribution is -0.139. The fraction of sp³-hybridized carbons (Fsp3) is 0.391. The van der Waals surface area contributed by atoms with E-state index in [0.29, 0.717) is 10.6 Å². The van der Waals surface area contributed by atoms with Crippen LogP contribution in [0.5, 0.6) is 0 Å². The summed E-state index contributed by atoms with van der Waals surface area (Å²) in [5.74, 6) is -0.879. The molecule has 7 nitrogen and oxygen atoms in total. The Labute approximate surface area is 205 Å². The molecule has 0 saturated heterocycles. The van der Waals surface area contributed by atoms with Gasteiger partial charge in [0.2, 0.25) is 21.8 Å². The van der Waals surface area contributed by atoms with E-state index in [4.69, 9.17) is 23.2 Å². The molecule has 0 aliphatic rings. The number of carbonyl (C=O) groups is 2. The molecule has 2 amide bonds. The average molecular weight is 514 g/mol. The van der Waals surface area contributed by atoms with Crippen molar-refractivity contribution in [2.75, 3.05) is 17.1 Å². The number of amides is 2. The zero-order valence-electron chi connectivity index (χ0n) is 19.1. The number of carbonyl (C=O) groups excluding carboxylic acids is 2. The number of para-hydroxylation sites is 1. The van der Waals surface area contributed by atoms with Gasteiger partial charge >= 0.3 is 0 Å². The number of nitrogens with zero attached hydrogens (tertiary/aromatic N) is 2. The smallest absolute Gasteiger partial charge is 0.244 e. The number of halogens is 2. The van der Waals surface area contributed by atoms with E-state index in [1.165, 1.54) is 11.0 Å². The molecule has 0 heterocycles. The molecule has 2 atom stereocenters. The van der Waals surface area contributed by atoms with E-state index < -0.39 is 28.5 Å². The summed E-state index contributed by atoms with van der Waals surface area (Å²) in [6, 6.07) is 12.4. The van der Waals surface area contributed by atoms with Crippen molar-refractivity contribution in [1.29, 1.82) is 0 Å². The van der Waals surface area contributed by atoms with Crippen LogP contribution in [0.4, 0.5) is 5.69 Å². The lowest BCUT2D eigenvalue weighted by Crippen LogP contribution is -2.52. The summed E-state index contributed by atoms with van der Waals surface area (Å²) in [6.45, 7) is 4.99. The second kappa shape index (κ2) is 11.7. The third-order valence-electron chi connectivity index (χ3n) is 5.21. The summed E-state index contributed by atoms with van der Waals surface area (Å²) in [7, 11) is -3.84. The molecule has 0 aromatic heterocycles. The number of nitrogens with one attached hydrogen (secondary N) is 1. The maximum Gasteiger partial charge on any atom is 0.244 e. The molecule has 2 rings (SSSR count). The summed E-state index contributed by atoms with van der Waals surface area (Å²) in [6.07, 6.45) is 1.74. The second-order valence-electron chi connectivity index (χ2n) is 7.87. The van der Waals surface area contributed by atoms with Crippen molar-refractivity contribution < 1.29 is 18.0 Å². The van der Waals surface area contributed by atoms with Gasteiger partial charge in [-0.05, 0) is 50.1 Å². The molecule has 0 bridgehead atoms. The predicted molar refractivity (Wildman–Crippen MR) is 133 cm³/mol. The minimum absolute atomic E-state index is 0.0706. The third-order valence-corrected chi connectivity index (χ3v) is 6.89. The van der Waals surface area contributed by atoms with Crippen molar-refractivity contribution in [3.8, 4) is 0 Å². The maximum absolute atomic E-state index is 13.4. The largest absolute Gasteiger partial charge is 0.352 e. The average Bonchev–Trinajstić information content (AvgIpc) is 2.75. The Morgan fingerprint density at radius 3 is 2.30 bits per heavy atom. The van der Waals surface area contributed by atoms with Crippen molar-refractivity contribution in [2.45, 2.75) is 45.8 Å². The van der Waals surface area contributed by atoms with Crippen LogP contribution < -0.4 is 9.62 Å². The van der Waals surface area contributed by atoms with Crippen molar-refractivity contribution in [1.82, 2.24) is 10.2 Å². The predicted octanol–water partition coefficient (Wildman–Crippen LogP) is 4.09. The first-order valence-electron chi connectivity index (χ1n) is 10.5. The van der Waals surface area contributed by atoms with E-state index in [0.717, 1.165) is 17.0 Å². The molecule has 0 aliphatic carbocycles. The minimum atomic E-state index is -3.84. The van der Waals surface area contributed by atoms with Crippen LogP contribution in [-0.4, -0.2) is 50.0 Å². The zero-order valence-corrected chi connectivity index (χ0v) is 21.4. The Morgan fingerprint density at radius 1 is 1.06 bits per heavy atom. The van der Waals surface area contributed by atoms with Crippen molar-refractivity contribution in [3.05, 3.63) is 64.1 Å². The number of hydrogen-bond acceptors (Lipinski definition) is 4. The maximum atomic E-state index is 13.4. The van der Waals surface area contributed by atoms with Crippen LogP contribution >= 0.6 is 23.2 Å². The lowest BCUT2D eigenvalue weighted by Gasteiger charge is -2.32. The first-order chi connectivity index (χ1) is 15.4. The Kier molecular flexibility index (Phi) is 9.57. The standard InChI is InChI=1S/C23H29Cl2N3O4S/c1-5-16(2)26-23(30)17(3)27(14-18-9-8-10-19(24)13-18)22(29)15-28(33(4,31)32)21-12-7-6-11-20(21)25/h6-13,16-17H,5,14-15H2,1-4H3,(H,26,30)/t16-,17+/m0/s1. The summed E-state index contributed by atoms with van der Waals surface area (Å²) in [5, 5.41) is 3.56. The van der Waals surface area contributed by atoms with Gasteiger partial charge in [0.05, 0.1) is 17.0 Å². The van der Waals surface area contributed by atoms with Crippen molar-refractivity contribution in [3.63, 3.8) is 0 Å². The molecule has 33 heavy (non-hydrogen) atoms. The van der Waals surface area contributed by atoms with Gasteiger partial charge in [0.15, 0.2) is 0 Å². The van der Waals surface area contributed by atoms with E-state index in [-0.39, 0.29) is 29.2 Å². The fourth-order valence-corrected chi connectivity index (χ4v) is 4.49. The number of rotatable bonds is 10. The molecule has 0 fully saturated rings. The van der Waals surface area contributed by atoms with E-state index in [1.54, 1.807) is 49.4 Å². The topological polar surface area (TPSA) is 86.8 Å². The molecule has 1 N–H and O–H groups in total. The van der Waals surface area contributed by atoms with Crippen LogP contribution in [0, 0.1) is 0 Å². The van der Waals surface area contributed by atoms with Gasteiger partial charge in [0.1, 0.15) is 12.6 Å². The Morgan fingerprint density at radius 2 is 1.73 bits per heavy atom. The molecule has 0 unspecified atom stereocenters. The summed E-state index contributed by atoms with van der Waals surface area (Å²) in [4.78, 5) is 27.6. The van der Waals surface area contributed by atoms with Crippen LogP contribution in [0.1, 0.15) is 32.8 Å². The Balaban J connectivity index is 2.40. The van der Waals surface area contributed by atoms with Gasteiger partial charge in [-0.2, -0.15) is 0 Å². The van der Waals surface area contributed by atoms with E-state index in [1.807, 2.05) is 13.8 Å². The summed E-state index contributed by atoms with van der Waals surface area (Å²) >= 11 is 12.3. The zero-order chi connectivity index (χ0) is 24.8. The SMILES string of the molecule is CC[C@H](C)NC(=O)[C@@H](C)N(Cc1cccc(Cl)c1)C(=O)CN(c1ccccc1Cl)S(C)(=O)=O. The highest BCUT2D eigenvalue weighted by Gasteiger charge is 2.31. The quantitative estimate of drug-likeness (QED) is 0.518. The molecule has 0 aliphatic heterocycles. The molecule has 2 aromatic carbocycles. The third kappa shape index (κ3) is 7.62. The Bertz CT molecular complexity index is 1090. The lowest BCUT2D eigenvalue weighted by atomic mass is 10.1. The normalized spacial score (nSPS) is 13.2. The first kappa shape index (κ1) is 27.0. The molecule has 10 heteroatoms. The van der Waals surface area contributed by atoms with Crippen LogP contribution in [0.3, 0.4) is 0 Å². The molecule has 0 spiro atoms. The molecular weight excluding hydrogens is 485 g/mol. The van der Waals surface area contributed by atoms with Gasteiger partial charge < -0.3 is 10.2 Å². The van der Waals surface area contributed by atoms with E-state index in [9.17, 15) is 18.0 Å². The fourth-order valence-electron chi connectivity index (χ4n) is 3.13. The van der Waals surface area contributed by atoms with Gasteiger partial charge in [0, 0.05) is 17.6 Å². The second-order valence-corrected chi connectivity index (χ2v) is 10.6. The number of anilines is 1. The number of benzene rings is 2. The summed E-state index contributed by atoms with van der Waals surface area (Å²) in [5.41, 5.74) is 0.900. The van der Waals surface area contributed by atoms with Gasteiger partial charge in [-0.1, -0.05) is 54.4 Å². The van der Waals surface area contributed by atoms with Gasteiger partial charge in [0.25, 0.3) is 0 Å². The highest BCUT2D eigenvalue weighted by atomic mass is 35.5. The number of sulfonamides is 1. The van der Waals surface area contributed by atoms with Gasteiger partial charge in [-0.15, -0.1) is 0 Å². The van der Waals surface area contributed by atoms with E-state index in [2.05, 4.69) is 5.32 Å². The molecule has 180 valence electrons. The number of hydrogen-bond donors (Lipinski definition) is 1. The highest BCUT2D eigenvalue weighted by molar-refractivity contribution is 7.92. The van der Waals surface area contributed by atoms with Crippen molar-refractivity contribution in [2.24, 2.45) is 0 Å². The van der Waals surface area contributed by atoms with Crippen molar-refractivity contribution >= 4 is 50.7 Å². The highest BCUT2D eigenvalue weighted by Crippen LogP contribution is 2.27. The van der Waals surface area contributed by atoms with Crippen LogP contribution in [0.15, 0.2) is 48.5 Å². The molecular formula is C23H29Cl2N3O4S. The van der Waals surface area contributed by atoms with Crippen LogP contribution in [0.25, 0.3) is 0 Å². The van der Waals surface area contributed by atoms with Crippen LogP contribution in [-0.2, 0) is 26.2 Å². The van der Waals surface area contributed by atoms with E-state index >= 15 is 0 Å². The van der Waals surface area contributed by atoms with Crippen LogP contribution in [0.2, 0.25) is 10.0 Å².